The van der Waals surface area contributed by atoms with Gasteiger partial charge in [0.2, 0.25) is 11.8 Å². The molecule has 2 amide bonds. The first-order valence-electron chi connectivity index (χ1n) is 7.20. The van der Waals surface area contributed by atoms with Crippen molar-refractivity contribution in [1.82, 2.24) is 15.5 Å². The first kappa shape index (κ1) is 16.2. The zero-order valence-corrected chi connectivity index (χ0v) is 12.3. The SMILES string of the molecule is CCCc1cc(NC(=O)CCCCCNC(C)=O)n[nH]1. The number of nitrogens with one attached hydrogen (secondary N) is 3. The van der Waals surface area contributed by atoms with Crippen molar-refractivity contribution in [3.05, 3.63) is 11.8 Å². The van der Waals surface area contributed by atoms with Gasteiger partial charge in [-0.25, -0.2) is 0 Å². The van der Waals surface area contributed by atoms with E-state index in [9.17, 15) is 9.59 Å². The Kier molecular flexibility index (Phi) is 7.39. The van der Waals surface area contributed by atoms with E-state index in [4.69, 9.17) is 0 Å². The predicted molar refractivity (Wildman–Crippen MR) is 78.4 cm³/mol. The normalized spacial score (nSPS) is 10.3. The molecule has 0 radical (unpaired) electrons. The van der Waals surface area contributed by atoms with Crippen molar-refractivity contribution in [3.63, 3.8) is 0 Å². The van der Waals surface area contributed by atoms with Crippen LogP contribution in [-0.4, -0.2) is 28.6 Å². The summed E-state index contributed by atoms with van der Waals surface area (Å²) in [4.78, 5) is 22.3. The highest BCUT2D eigenvalue weighted by Crippen LogP contribution is 2.08. The van der Waals surface area contributed by atoms with Crippen LogP contribution in [0.2, 0.25) is 0 Å². The van der Waals surface area contributed by atoms with Gasteiger partial charge in [0.05, 0.1) is 0 Å². The van der Waals surface area contributed by atoms with Crippen LogP contribution in [0.5, 0.6) is 0 Å². The molecular weight excluding hydrogens is 256 g/mol. The highest BCUT2D eigenvalue weighted by Gasteiger charge is 2.05. The van der Waals surface area contributed by atoms with E-state index in [-0.39, 0.29) is 11.8 Å². The number of nitrogens with zero attached hydrogens (tertiary/aromatic N) is 1. The first-order chi connectivity index (χ1) is 9.61. The Balaban J connectivity index is 2.11. The average molecular weight is 280 g/mol. The molecule has 0 aliphatic rings. The van der Waals surface area contributed by atoms with Crippen molar-refractivity contribution >= 4 is 17.6 Å². The van der Waals surface area contributed by atoms with Gasteiger partial charge in [-0.3, -0.25) is 14.7 Å². The van der Waals surface area contributed by atoms with Crippen molar-refractivity contribution in [2.24, 2.45) is 0 Å². The molecule has 0 aliphatic carbocycles. The van der Waals surface area contributed by atoms with E-state index in [0.29, 0.717) is 18.8 Å². The summed E-state index contributed by atoms with van der Waals surface area (Å²) in [7, 11) is 0. The number of carbonyl (C=O) groups excluding carboxylic acids is 2. The molecule has 0 aromatic carbocycles. The maximum Gasteiger partial charge on any atom is 0.225 e. The Bertz CT molecular complexity index is 429. The van der Waals surface area contributed by atoms with E-state index in [1.54, 1.807) is 0 Å². The van der Waals surface area contributed by atoms with Gasteiger partial charge in [0, 0.05) is 31.6 Å². The zero-order valence-electron chi connectivity index (χ0n) is 12.3. The molecule has 1 aromatic rings. The van der Waals surface area contributed by atoms with Gasteiger partial charge in [-0.2, -0.15) is 5.10 Å². The molecule has 6 heteroatoms. The predicted octanol–water partition coefficient (Wildman–Crippen LogP) is 2.00. The fraction of sp³-hybridized carbons (Fsp3) is 0.643. The molecule has 0 unspecified atom stereocenters. The lowest BCUT2D eigenvalue weighted by Crippen LogP contribution is -2.20. The van der Waals surface area contributed by atoms with Gasteiger partial charge in [0.15, 0.2) is 5.82 Å². The number of H-pyrrole nitrogens is 1. The number of carbonyl (C=O) groups is 2. The molecule has 6 nitrogen and oxygen atoms in total. The first-order valence-corrected chi connectivity index (χ1v) is 7.20. The number of unbranched alkanes of at least 4 members (excludes halogenated alkanes) is 2. The number of aryl methyl sites for hydroxylation is 1. The number of rotatable bonds is 9. The van der Waals surface area contributed by atoms with Gasteiger partial charge in [-0.05, 0) is 19.3 Å². The molecule has 0 atom stereocenters. The second kappa shape index (κ2) is 9.12. The summed E-state index contributed by atoms with van der Waals surface area (Å²) in [5.41, 5.74) is 1.04. The molecular formula is C14H24N4O2. The molecule has 0 spiro atoms. The van der Waals surface area contributed by atoms with Gasteiger partial charge in [0.25, 0.3) is 0 Å². The highest BCUT2D eigenvalue weighted by atomic mass is 16.2. The van der Waals surface area contributed by atoms with Crippen molar-refractivity contribution in [1.29, 1.82) is 0 Å². The third-order valence-electron chi connectivity index (χ3n) is 2.87. The minimum Gasteiger partial charge on any atom is -0.356 e. The standard InChI is InChI=1S/C14H24N4O2/c1-3-7-12-10-13(18-17-12)16-14(20)8-5-4-6-9-15-11(2)19/h10H,3-9H2,1-2H3,(H,15,19)(H2,16,17,18,20). The molecule has 0 saturated heterocycles. The van der Waals surface area contributed by atoms with Crippen molar-refractivity contribution < 1.29 is 9.59 Å². The minimum absolute atomic E-state index is 0.0100. The van der Waals surface area contributed by atoms with Gasteiger partial charge in [0.1, 0.15) is 0 Å². The number of aromatic amines is 1. The van der Waals surface area contributed by atoms with E-state index in [0.717, 1.165) is 37.8 Å². The lowest BCUT2D eigenvalue weighted by molar-refractivity contribution is -0.119. The van der Waals surface area contributed by atoms with Gasteiger partial charge in [-0.15, -0.1) is 0 Å². The molecule has 112 valence electrons. The smallest absolute Gasteiger partial charge is 0.225 e. The molecule has 0 saturated carbocycles. The average Bonchev–Trinajstić information content (AvgIpc) is 2.81. The lowest BCUT2D eigenvalue weighted by atomic mass is 10.2. The summed E-state index contributed by atoms with van der Waals surface area (Å²) < 4.78 is 0. The molecule has 20 heavy (non-hydrogen) atoms. The Morgan fingerprint density at radius 2 is 2.10 bits per heavy atom. The number of hydrogen-bond acceptors (Lipinski definition) is 3. The van der Waals surface area contributed by atoms with Crippen LogP contribution >= 0.6 is 0 Å². The summed E-state index contributed by atoms with van der Waals surface area (Å²) in [6.45, 7) is 4.28. The zero-order chi connectivity index (χ0) is 14.8. The molecule has 0 bridgehead atoms. The van der Waals surface area contributed by atoms with E-state index in [1.165, 1.54) is 6.92 Å². The summed E-state index contributed by atoms with van der Waals surface area (Å²) in [6.07, 6.45) is 5.11. The quantitative estimate of drug-likeness (QED) is 0.605. The summed E-state index contributed by atoms with van der Waals surface area (Å²) in [6, 6.07) is 1.87. The molecule has 1 aromatic heterocycles. The summed E-state index contributed by atoms with van der Waals surface area (Å²) in [5, 5.41) is 12.5. The van der Waals surface area contributed by atoms with Crippen molar-refractivity contribution in [2.45, 2.75) is 52.4 Å². The van der Waals surface area contributed by atoms with Crippen LogP contribution in [0, 0.1) is 0 Å². The third kappa shape index (κ3) is 6.92. The second-order valence-corrected chi connectivity index (χ2v) is 4.87. The Labute approximate surface area is 119 Å². The maximum atomic E-state index is 11.7. The molecule has 0 aliphatic heterocycles. The largest absolute Gasteiger partial charge is 0.356 e. The lowest BCUT2D eigenvalue weighted by Gasteiger charge is -2.03. The minimum atomic E-state index is -0.0147. The van der Waals surface area contributed by atoms with Crippen LogP contribution in [0.25, 0.3) is 0 Å². The Morgan fingerprint density at radius 3 is 2.80 bits per heavy atom. The van der Waals surface area contributed by atoms with E-state index < -0.39 is 0 Å². The van der Waals surface area contributed by atoms with Crippen LogP contribution in [0.1, 0.15) is 51.6 Å². The topological polar surface area (TPSA) is 86.9 Å². The molecule has 3 N–H and O–H groups in total. The van der Waals surface area contributed by atoms with Crippen LogP contribution in [-0.2, 0) is 16.0 Å². The fourth-order valence-electron chi connectivity index (χ4n) is 1.88. The fourth-order valence-corrected chi connectivity index (χ4v) is 1.88. The number of anilines is 1. The number of amides is 2. The summed E-state index contributed by atoms with van der Waals surface area (Å²) >= 11 is 0. The molecule has 1 rings (SSSR count). The highest BCUT2D eigenvalue weighted by molar-refractivity contribution is 5.89. The summed E-state index contributed by atoms with van der Waals surface area (Å²) in [5.74, 6) is 0.569. The Morgan fingerprint density at radius 1 is 1.30 bits per heavy atom. The van der Waals surface area contributed by atoms with E-state index >= 15 is 0 Å². The van der Waals surface area contributed by atoms with Gasteiger partial charge < -0.3 is 10.6 Å². The van der Waals surface area contributed by atoms with Crippen molar-refractivity contribution in [2.75, 3.05) is 11.9 Å². The van der Waals surface area contributed by atoms with E-state index in [1.807, 2.05) is 6.07 Å². The number of hydrogen-bond donors (Lipinski definition) is 3. The Hall–Kier alpha value is -1.85. The van der Waals surface area contributed by atoms with Crippen LogP contribution in [0.4, 0.5) is 5.82 Å². The van der Waals surface area contributed by atoms with E-state index in [2.05, 4.69) is 27.8 Å². The number of aromatic nitrogens is 2. The van der Waals surface area contributed by atoms with Gasteiger partial charge >= 0.3 is 0 Å². The van der Waals surface area contributed by atoms with Crippen LogP contribution < -0.4 is 10.6 Å². The maximum absolute atomic E-state index is 11.7. The monoisotopic (exact) mass is 280 g/mol. The van der Waals surface area contributed by atoms with Crippen molar-refractivity contribution in [3.8, 4) is 0 Å². The van der Waals surface area contributed by atoms with Gasteiger partial charge in [-0.1, -0.05) is 19.8 Å². The third-order valence-corrected chi connectivity index (χ3v) is 2.87. The second-order valence-electron chi connectivity index (χ2n) is 4.87. The van der Waals surface area contributed by atoms with Crippen LogP contribution in [0.3, 0.4) is 0 Å². The van der Waals surface area contributed by atoms with Crippen LogP contribution in [0.15, 0.2) is 6.07 Å². The molecule has 0 fully saturated rings. The molecule has 1 heterocycles.